The zero-order valence-electron chi connectivity index (χ0n) is 17.1. The summed E-state index contributed by atoms with van der Waals surface area (Å²) in [5.41, 5.74) is -0.458. The summed E-state index contributed by atoms with van der Waals surface area (Å²) in [6.07, 6.45) is 9.24. The summed E-state index contributed by atoms with van der Waals surface area (Å²) in [6.45, 7) is 8.41. The fourth-order valence-corrected chi connectivity index (χ4v) is 8.41. The van der Waals surface area contributed by atoms with E-state index in [9.17, 15) is 15.0 Å². The quantitative estimate of drug-likeness (QED) is 0.768. The normalized spacial score (nSPS) is 54.8. The minimum absolute atomic E-state index is 0.137. The Hall–Kier alpha value is -0.410. The Balaban J connectivity index is 1.63. The van der Waals surface area contributed by atoms with Gasteiger partial charge in [0.25, 0.3) is 0 Å². The van der Waals surface area contributed by atoms with Crippen molar-refractivity contribution in [3.63, 3.8) is 0 Å². The summed E-state index contributed by atoms with van der Waals surface area (Å²) >= 11 is 0. The third kappa shape index (κ3) is 2.35. The van der Waals surface area contributed by atoms with Crippen LogP contribution >= 0.6 is 0 Å². The van der Waals surface area contributed by atoms with Gasteiger partial charge in [0, 0.05) is 11.3 Å². The van der Waals surface area contributed by atoms with E-state index >= 15 is 0 Å². The maximum atomic E-state index is 12.0. The molecule has 0 aromatic carbocycles. The minimum Gasteiger partial charge on any atom is -0.393 e. The molecule has 0 amide bonds. The minimum atomic E-state index is -0.608. The van der Waals surface area contributed by atoms with Crippen molar-refractivity contribution < 1.29 is 15.0 Å². The van der Waals surface area contributed by atoms with Gasteiger partial charge in [-0.1, -0.05) is 13.8 Å². The van der Waals surface area contributed by atoms with Crippen LogP contribution in [0.2, 0.25) is 0 Å². The monoisotopic (exact) mass is 362 g/mol. The first-order chi connectivity index (χ1) is 12.1. The van der Waals surface area contributed by atoms with Gasteiger partial charge in [-0.2, -0.15) is 0 Å². The molecule has 26 heavy (non-hydrogen) atoms. The Bertz CT molecular complexity index is 586. The van der Waals surface area contributed by atoms with Crippen molar-refractivity contribution in [1.29, 1.82) is 0 Å². The molecular weight excluding hydrogens is 324 g/mol. The van der Waals surface area contributed by atoms with E-state index in [1.54, 1.807) is 6.92 Å². The molecule has 0 aromatic rings. The Morgan fingerprint density at radius 1 is 1.00 bits per heavy atom. The molecule has 3 heteroatoms. The zero-order chi connectivity index (χ0) is 18.9. The molecule has 3 nitrogen and oxygen atoms in total. The molecule has 0 heterocycles. The average molecular weight is 363 g/mol. The largest absolute Gasteiger partial charge is 0.393 e. The third-order valence-electron chi connectivity index (χ3n) is 10.1. The predicted molar refractivity (Wildman–Crippen MR) is 103 cm³/mol. The maximum absolute atomic E-state index is 12.0. The van der Waals surface area contributed by atoms with E-state index in [2.05, 4.69) is 13.8 Å². The zero-order valence-corrected chi connectivity index (χ0v) is 17.1. The first kappa shape index (κ1) is 18.9. The van der Waals surface area contributed by atoms with Crippen molar-refractivity contribution in [2.45, 2.75) is 97.2 Å². The molecule has 0 radical (unpaired) electrons. The lowest BCUT2D eigenvalue weighted by molar-refractivity contribution is -0.213. The number of ketones is 1. The number of carbonyl (C=O) groups excluding carboxylic acids is 1. The van der Waals surface area contributed by atoms with Crippen molar-refractivity contribution in [2.75, 3.05) is 0 Å². The predicted octanol–water partition coefficient (Wildman–Crippen LogP) is 4.35. The van der Waals surface area contributed by atoms with Crippen LogP contribution in [-0.2, 0) is 4.79 Å². The summed E-state index contributed by atoms with van der Waals surface area (Å²) < 4.78 is 0. The van der Waals surface area contributed by atoms with E-state index < -0.39 is 5.60 Å². The molecule has 0 saturated heterocycles. The SMILES string of the molecule is CC(=O)C1CCC2(C)C(CCC3C2CCC2(C)C(C(C)O)CCC32O)C1. The van der Waals surface area contributed by atoms with Crippen LogP contribution in [0.1, 0.15) is 85.5 Å². The number of rotatable bonds is 2. The number of hydrogen-bond acceptors (Lipinski definition) is 3. The first-order valence-corrected chi connectivity index (χ1v) is 11.0. The summed E-state index contributed by atoms with van der Waals surface area (Å²) in [6, 6.07) is 0. The van der Waals surface area contributed by atoms with Gasteiger partial charge in [0.15, 0.2) is 0 Å². The highest BCUT2D eigenvalue weighted by molar-refractivity contribution is 5.78. The molecule has 148 valence electrons. The molecule has 4 saturated carbocycles. The fraction of sp³-hybridized carbons (Fsp3) is 0.957. The lowest BCUT2D eigenvalue weighted by Gasteiger charge is -2.64. The Morgan fingerprint density at radius 2 is 1.73 bits per heavy atom. The lowest BCUT2D eigenvalue weighted by Crippen LogP contribution is -2.62. The number of fused-ring (bicyclic) bond motifs is 5. The van der Waals surface area contributed by atoms with Crippen molar-refractivity contribution in [3.05, 3.63) is 0 Å². The highest BCUT2D eigenvalue weighted by atomic mass is 16.3. The molecule has 0 aromatic heterocycles. The van der Waals surface area contributed by atoms with Crippen molar-refractivity contribution >= 4 is 5.78 Å². The Labute approximate surface area is 158 Å². The highest BCUT2D eigenvalue weighted by Gasteiger charge is 2.67. The van der Waals surface area contributed by atoms with Gasteiger partial charge in [0.2, 0.25) is 0 Å². The second-order valence-corrected chi connectivity index (χ2v) is 10.8. The van der Waals surface area contributed by atoms with Crippen LogP contribution < -0.4 is 0 Å². The third-order valence-corrected chi connectivity index (χ3v) is 10.1. The molecule has 2 N–H and O–H groups in total. The van der Waals surface area contributed by atoms with Crippen LogP contribution in [0.5, 0.6) is 0 Å². The smallest absolute Gasteiger partial charge is 0.132 e. The van der Waals surface area contributed by atoms with Gasteiger partial charge in [-0.05, 0) is 101 Å². The second kappa shape index (κ2) is 6.04. The van der Waals surface area contributed by atoms with E-state index in [-0.39, 0.29) is 28.8 Å². The summed E-state index contributed by atoms with van der Waals surface area (Å²) in [7, 11) is 0. The highest BCUT2D eigenvalue weighted by Crippen LogP contribution is 2.69. The maximum Gasteiger partial charge on any atom is 0.132 e. The van der Waals surface area contributed by atoms with Crippen LogP contribution in [0.15, 0.2) is 0 Å². The van der Waals surface area contributed by atoms with Crippen LogP contribution in [0.25, 0.3) is 0 Å². The second-order valence-electron chi connectivity index (χ2n) is 10.8. The molecule has 0 spiro atoms. The standard InChI is InChI=1S/C23H38O3/c1-14(24)16-7-10-21(3)17(13-16)5-6-20-19(21)8-11-22(4)18(15(2)25)9-12-23(20,22)26/h15-20,25-26H,5-13H2,1-4H3. The molecule has 4 aliphatic carbocycles. The van der Waals surface area contributed by atoms with E-state index in [0.717, 1.165) is 44.9 Å². The molecule has 4 rings (SSSR count). The van der Waals surface area contributed by atoms with Crippen molar-refractivity contribution in [2.24, 2.45) is 40.4 Å². The van der Waals surface area contributed by atoms with Gasteiger partial charge < -0.3 is 10.2 Å². The molecule has 4 aliphatic rings. The van der Waals surface area contributed by atoms with Gasteiger partial charge in [-0.25, -0.2) is 0 Å². The van der Waals surface area contributed by atoms with Crippen LogP contribution in [0, 0.1) is 40.4 Å². The molecule has 9 atom stereocenters. The Morgan fingerprint density at radius 3 is 2.38 bits per heavy atom. The molecular formula is C23H38O3. The number of carbonyl (C=O) groups is 1. The van der Waals surface area contributed by atoms with Crippen molar-refractivity contribution in [1.82, 2.24) is 0 Å². The van der Waals surface area contributed by atoms with E-state index in [0.29, 0.717) is 23.5 Å². The number of hydrogen-bond donors (Lipinski definition) is 2. The van der Waals surface area contributed by atoms with Crippen LogP contribution in [0.4, 0.5) is 0 Å². The lowest BCUT2D eigenvalue weighted by atomic mass is 9.42. The summed E-state index contributed by atoms with van der Waals surface area (Å²) in [4.78, 5) is 11.9. The Kier molecular flexibility index (Phi) is 4.40. The molecule has 4 fully saturated rings. The summed E-state index contributed by atoms with van der Waals surface area (Å²) in [5.74, 6) is 2.48. The fourth-order valence-electron chi connectivity index (χ4n) is 8.41. The number of Topliss-reactive ketones (excluding diaryl/α,β-unsaturated/α-hetero) is 1. The van der Waals surface area contributed by atoms with Gasteiger partial charge >= 0.3 is 0 Å². The molecule has 0 aliphatic heterocycles. The van der Waals surface area contributed by atoms with Crippen LogP contribution in [0.3, 0.4) is 0 Å². The van der Waals surface area contributed by atoms with Gasteiger partial charge in [0.05, 0.1) is 11.7 Å². The summed E-state index contributed by atoms with van der Waals surface area (Å²) in [5, 5.41) is 22.3. The molecule has 9 unspecified atom stereocenters. The first-order valence-electron chi connectivity index (χ1n) is 11.0. The average Bonchev–Trinajstić information content (AvgIpc) is 2.85. The number of aliphatic hydroxyl groups is 2. The van der Waals surface area contributed by atoms with Crippen molar-refractivity contribution in [3.8, 4) is 0 Å². The van der Waals surface area contributed by atoms with E-state index in [1.807, 2.05) is 6.92 Å². The molecule has 0 bridgehead atoms. The van der Waals surface area contributed by atoms with Gasteiger partial charge in [0.1, 0.15) is 5.78 Å². The van der Waals surface area contributed by atoms with E-state index in [1.165, 1.54) is 12.8 Å². The topological polar surface area (TPSA) is 57.5 Å². The van der Waals surface area contributed by atoms with E-state index in [4.69, 9.17) is 0 Å². The van der Waals surface area contributed by atoms with Gasteiger partial charge in [-0.3, -0.25) is 4.79 Å². The van der Waals surface area contributed by atoms with Crippen LogP contribution in [-0.4, -0.2) is 27.7 Å². The number of aliphatic hydroxyl groups excluding tert-OH is 1. The van der Waals surface area contributed by atoms with Gasteiger partial charge in [-0.15, -0.1) is 0 Å².